The lowest BCUT2D eigenvalue weighted by Gasteiger charge is -2.38. The third-order valence-corrected chi connectivity index (χ3v) is 4.84. The maximum absolute atomic E-state index is 12.8. The first-order chi connectivity index (χ1) is 11.1. The summed E-state index contributed by atoms with van der Waals surface area (Å²) >= 11 is 0. The van der Waals surface area contributed by atoms with E-state index in [-0.39, 0.29) is 18.1 Å². The van der Waals surface area contributed by atoms with Crippen molar-refractivity contribution < 1.29 is 14.3 Å². The summed E-state index contributed by atoms with van der Waals surface area (Å²) in [7, 11) is 0. The molecule has 2 fully saturated rings. The Kier molecular flexibility index (Phi) is 5.18. The maximum atomic E-state index is 12.8. The Bertz CT molecular complexity index is 543. The summed E-state index contributed by atoms with van der Waals surface area (Å²) in [4.78, 5) is 14.7. The fourth-order valence-electron chi connectivity index (χ4n) is 3.19. The van der Waals surface area contributed by atoms with Crippen molar-refractivity contribution in [2.24, 2.45) is 0 Å². The Morgan fingerprint density at radius 1 is 1.43 bits per heavy atom. The molecule has 0 radical (unpaired) electrons. The van der Waals surface area contributed by atoms with Crippen LogP contribution in [0.1, 0.15) is 37.0 Å². The lowest BCUT2D eigenvalue weighted by molar-refractivity contribution is 0.0600. The second kappa shape index (κ2) is 7.32. The molecule has 1 aromatic rings. The summed E-state index contributed by atoms with van der Waals surface area (Å²) in [5.74, 6) is 0.815. The van der Waals surface area contributed by atoms with Crippen molar-refractivity contribution in [1.82, 2.24) is 10.2 Å². The van der Waals surface area contributed by atoms with Crippen LogP contribution in [0, 0.1) is 0 Å². The molecule has 5 nitrogen and oxygen atoms in total. The highest BCUT2D eigenvalue weighted by atomic mass is 16.5. The lowest BCUT2D eigenvalue weighted by Crippen LogP contribution is -2.57. The summed E-state index contributed by atoms with van der Waals surface area (Å²) in [6.45, 7) is 7.17. The molecule has 0 aliphatic carbocycles. The normalized spacial score (nSPS) is 27.9. The highest BCUT2D eigenvalue weighted by molar-refractivity contribution is 5.95. The van der Waals surface area contributed by atoms with Crippen molar-refractivity contribution in [2.45, 2.75) is 44.9 Å². The monoisotopic (exact) mass is 318 g/mol. The van der Waals surface area contributed by atoms with Crippen molar-refractivity contribution in [1.29, 1.82) is 0 Å². The van der Waals surface area contributed by atoms with Gasteiger partial charge in [0, 0.05) is 37.3 Å². The second-order valence-electron chi connectivity index (χ2n) is 6.46. The first-order valence-electron chi connectivity index (χ1n) is 8.54. The van der Waals surface area contributed by atoms with Gasteiger partial charge in [0.1, 0.15) is 12.4 Å². The zero-order valence-corrected chi connectivity index (χ0v) is 14.0. The fraction of sp³-hybridized carbons (Fsp3) is 0.611. The summed E-state index contributed by atoms with van der Waals surface area (Å²) in [5, 5.41) is 3.40. The van der Waals surface area contributed by atoms with E-state index in [0.29, 0.717) is 18.2 Å². The van der Waals surface area contributed by atoms with Gasteiger partial charge in [0.15, 0.2) is 0 Å². The number of piperazine rings is 1. The number of hydrogen-bond acceptors (Lipinski definition) is 4. The van der Waals surface area contributed by atoms with Gasteiger partial charge in [-0.05, 0) is 44.9 Å². The van der Waals surface area contributed by atoms with E-state index in [1.165, 1.54) is 0 Å². The lowest BCUT2D eigenvalue weighted by atomic mass is 10.1. The third kappa shape index (κ3) is 3.85. The number of ether oxygens (including phenoxy) is 2. The molecule has 2 heterocycles. The minimum absolute atomic E-state index is 0.0772. The molecule has 0 spiro atoms. The number of carbonyl (C=O) groups excluding carboxylic acids is 1. The van der Waals surface area contributed by atoms with E-state index in [0.717, 1.165) is 38.3 Å². The van der Waals surface area contributed by atoms with Crippen LogP contribution in [0.5, 0.6) is 5.75 Å². The Morgan fingerprint density at radius 2 is 2.30 bits per heavy atom. The molecule has 23 heavy (non-hydrogen) atoms. The van der Waals surface area contributed by atoms with Crippen LogP contribution in [0.25, 0.3) is 0 Å². The average Bonchev–Trinajstić information content (AvgIpc) is 3.09. The first-order valence-corrected chi connectivity index (χ1v) is 8.54. The molecule has 0 aromatic heterocycles. The van der Waals surface area contributed by atoms with Gasteiger partial charge in [0.05, 0.1) is 6.10 Å². The van der Waals surface area contributed by atoms with E-state index in [2.05, 4.69) is 19.2 Å². The van der Waals surface area contributed by atoms with Gasteiger partial charge in [-0.3, -0.25) is 4.79 Å². The molecule has 3 rings (SSSR count). The van der Waals surface area contributed by atoms with Crippen LogP contribution in [0.3, 0.4) is 0 Å². The molecule has 0 saturated carbocycles. The number of rotatable bonds is 4. The minimum atomic E-state index is 0.0772. The molecule has 3 unspecified atom stereocenters. The van der Waals surface area contributed by atoms with Crippen LogP contribution in [-0.2, 0) is 4.74 Å². The molecule has 1 N–H and O–H groups in total. The van der Waals surface area contributed by atoms with Crippen molar-refractivity contribution in [3.8, 4) is 5.75 Å². The maximum Gasteiger partial charge on any atom is 0.254 e. The molecule has 3 atom stereocenters. The van der Waals surface area contributed by atoms with Crippen molar-refractivity contribution >= 4 is 5.91 Å². The van der Waals surface area contributed by atoms with Gasteiger partial charge in [-0.15, -0.1) is 0 Å². The number of nitrogens with zero attached hydrogens (tertiary/aromatic N) is 1. The molecule has 1 aromatic carbocycles. The van der Waals surface area contributed by atoms with E-state index in [1.807, 2.05) is 29.2 Å². The van der Waals surface area contributed by atoms with Crippen LogP contribution in [-0.4, -0.2) is 55.3 Å². The van der Waals surface area contributed by atoms with E-state index >= 15 is 0 Å². The van der Waals surface area contributed by atoms with Crippen LogP contribution in [0.15, 0.2) is 24.3 Å². The smallest absolute Gasteiger partial charge is 0.254 e. The highest BCUT2D eigenvalue weighted by Gasteiger charge is 2.28. The first kappa shape index (κ1) is 16.3. The Balaban J connectivity index is 1.64. The van der Waals surface area contributed by atoms with Gasteiger partial charge >= 0.3 is 0 Å². The Labute approximate surface area is 137 Å². The van der Waals surface area contributed by atoms with E-state index in [1.54, 1.807) is 0 Å². The average molecular weight is 318 g/mol. The van der Waals surface area contributed by atoms with Crippen LogP contribution in [0.2, 0.25) is 0 Å². The largest absolute Gasteiger partial charge is 0.491 e. The van der Waals surface area contributed by atoms with Crippen LogP contribution in [0.4, 0.5) is 0 Å². The van der Waals surface area contributed by atoms with Gasteiger partial charge in [0.25, 0.3) is 5.91 Å². The standard InChI is InChI=1S/C18H26N2O3/c1-13-14(2)20(9-8-19-13)18(21)15-5-3-6-16(11-15)23-12-17-7-4-10-22-17/h3,5-6,11,13-14,17,19H,4,7-10,12H2,1-2H3. The summed E-state index contributed by atoms with van der Waals surface area (Å²) < 4.78 is 11.4. The van der Waals surface area contributed by atoms with E-state index in [4.69, 9.17) is 9.47 Å². The zero-order valence-electron chi connectivity index (χ0n) is 14.0. The number of amides is 1. The van der Waals surface area contributed by atoms with Gasteiger partial charge in [-0.25, -0.2) is 0 Å². The van der Waals surface area contributed by atoms with Crippen molar-refractivity contribution in [2.75, 3.05) is 26.3 Å². The summed E-state index contributed by atoms with van der Waals surface area (Å²) in [6, 6.07) is 7.99. The predicted octanol–water partition coefficient (Wildman–Crippen LogP) is 2.07. The van der Waals surface area contributed by atoms with Gasteiger partial charge in [0.2, 0.25) is 0 Å². The Morgan fingerprint density at radius 3 is 3.09 bits per heavy atom. The molecule has 126 valence electrons. The van der Waals surface area contributed by atoms with Crippen LogP contribution >= 0.6 is 0 Å². The molecule has 2 aliphatic rings. The van der Waals surface area contributed by atoms with E-state index < -0.39 is 0 Å². The fourth-order valence-corrected chi connectivity index (χ4v) is 3.19. The third-order valence-electron chi connectivity index (χ3n) is 4.84. The molecule has 0 bridgehead atoms. The van der Waals surface area contributed by atoms with Gasteiger partial charge < -0.3 is 19.7 Å². The minimum Gasteiger partial charge on any atom is -0.491 e. The molecule has 2 saturated heterocycles. The second-order valence-corrected chi connectivity index (χ2v) is 6.46. The predicted molar refractivity (Wildman–Crippen MR) is 88.9 cm³/mol. The molecule has 2 aliphatic heterocycles. The molecule has 5 heteroatoms. The van der Waals surface area contributed by atoms with Crippen LogP contribution < -0.4 is 10.1 Å². The number of benzene rings is 1. The van der Waals surface area contributed by atoms with E-state index in [9.17, 15) is 4.79 Å². The summed E-state index contributed by atoms with van der Waals surface area (Å²) in [5.41, 5.74) is 0.691. The molecular weight excluding hydrogens is 292 g/mol. The Hall–Kier alpha value is -1.59. The van der Waals surface area contributed by atoms with Gasteiger partial charge in [-0.1, -0.05) is 6.07 Å². The quantitative estimate of drug-likeness (QED) is 0.923. The SMILES string of the molecule is CC1NCCN(C(=O)c2cccc(OCC3CCCO3)c2)C1C. The summed E-state index contributed by atoms with van der Waals surface area (Å²) in [6.07, 6.45) is 2.34. The van der Waals surface area contributed by atoms with Crippen molar-refractivity contribution in [3.05, 3.63) is 29.8 Å². The zero-order chi connectivity index (χ0) is 16.2. The number of hydrogen-bond donors (Lipinski definition) is 1. The topological polar surface area (TPSA) is 50.8 Å². The van der Waals surface area contributed by atoms with Gasteiger partial charge in [-0.2, -0.15) is 0 Å². The number of nitrogens with one attached hydrogen (secondary N) is 1. The molecular formula is C18H26N2O3. The van der Waals surface area contributed by atoms with Crippen molar-refractivity contribution in [3.63, 3.8) is 0 Å². The highest BCUT2D eigenvalue weighted by Crippen LogP contribution is 2.20. The molecule has 1 amide bonds. The number of carbonyl (C=O) groups is 1.